The first-order valence-corrected chi connectivity index (χ1v) is 5.22. The second kappa shape index (κ2) is 4.94. The fraction of sp³-hybridized carbons (Fsp3) is 0.273. The predicted octanol–water partition coefficient (Wildman–Crippen LogP) is 0.551. The number of benzene rings is 1. The zero-order valence-corrected chi connectivity index (χ0v) is 10.2. The van der Waals surface area contributed by atoms with Crippen molar-refractivity contribution in [3.05, 3.63) is 29.3 Å². The van der Waals surface area contributed by atoms with E-state index in [-0.39, 0.29) is 12.5 Å². The molecule has 4 N–H and O–H groups in total. The molecule has 1 amide bonds. The number of amides is 1. The number of rotatable bonds is 4. The summed E-state index contributed by atoms with van der Waals surface area (Å²) in [5.41, 5.74) is 13.4. The Morgan fingerprint density at radius 1 is 1.44 bits per heavy atom. The topological polar surface area (TPSA) is 72.3 Å². The summed E-state index contributed by atoms with van der Waals surface area (Å²) in [4.78, 5) is 13.0. The van der Waals surface area contributed by atoms with Gasteiger partial charge in [-0.2, -0.15) is 0 Å². The van der Waals surface area contributed by atoms with Crippen molar-refractivity contribution in [2.45, 2.75) is 6.92 Å². The smallest absolute Gasteiger partial charge is 0.236 e. The standard InChI is InChI=1S/C11H15N3OS/c1-7-5-8(11(13)16)3-4-9(7)14(2)6-10(12)15/h3-5H,6H2,1-2H3,(H2,12,15)(H2,13,16). The highest BCUT2D eigenvalue weighted by molar-refractivity contribution is 7.80. The molecule has 5 heteroatoms. The molecule has 0 aliphatic heterocycles. The van der Waals surface area contributed by atoms with E-state index in [0.29, 0.717) is 4.99 Å². The quantitative estimate of drug-likeness (QED) is 0.750. The number of carbonyl (C=O) groups excluding carboxylic acids is 1. The summed E-state index contributed by atoms with van der Waals surface area (Å²) in [5.74, 6) is -0.361. The number of nitrogens with two attached hydrogens (primary N) is 2. The minimum Gasteiger partial charge on any atom is -0.389 e. The lowest BCUT2D eigenvalue weighted by Gasteiger charge is -2.20. The van der Waals surface area contributed by atoms with Gasteiger partial charge in [-0.15, -0.1) is 0 Å². The Morgan fingerprint density at radius 2 is 2.06 bits per heavy atom. The number of nitrogens with zero attached hydrogens (tertiary/aromatic N) is 1. The average molecular weight is 237 g/mol. The van der Waals surface area contributed by atoms with Gasteiger partial charge in [0, 0.05) is 18.3 Å². The van der Waals surface area contributed by atoms with Crippen molar-refractivity contribution in [2.24, 2.45) is 11.5 Å². The molecule has 0 heterocycles. The van der Waals surface area contributed by atoms with Crippen LogP contribution >= 0.6 is 12.2 Å². The van der Waals surface area contributed by atoms with Crippen LogP contribution in [0.3, 0.4) is 0 Å². The molecule has 16 heavy (non-hydrogen) atoms. The molecule has 0 unspecified atom stereocenters. The van der Waals surface area contributed by atoms with E-state index in [1.165, 1.54) is 0 Å². The zero-order valence-electron chi connectivity index (χ0n) is 9.36. The summed E-state index contributed by atoms with van der Waals surface area (Å²) in [6.45, 7) is 2.13. The van der Waals surface area contributed by atoms with Crippen molar-refractivity contribution in [2.75, 3.05) is 18.5 Å². The summed E-state index contributed by atoms with van der Waals surface area (Å²) in [5, 5.41) is 0. The maximum absolute atomic E-state index is 10.8. The maximum atomic E-state index is 10.8. The molecule has 0 radical (unpaired) electrons. The van der Waals surface area contributed by atoms with E-state index >= 15 is 0 Å². The van der Waals surface area contributed by atoms with E-state index in [1.807, 2.05) is 32.2 Å². The van der Waals surface area contributed by atoms with Crippen molar-refractivity contribution in [1.82, 2.24) is 0 Å². The number of likely N-dealkylation sites (N-methyl/N-ethyl adjacent to an activating group) is 1. The zero-order chi connectivity index (χ0) is 12.3. The molecule has 0 saturated carbocycles. The van der Waals surface area contributed by atoms with Gasteiger partial charge in [0.2, 0.25) is 5.91 Å². The number of anilines is 1. The highest BCUT2D eigenvalue weighted by Crippen LogP contribution is 2.19. The van der Waals surface area contributed by atoms with E-state index in [1.54, 1.807) is 4.90 Å². The molecule has 0 bridgehead atoms. The van der Waals surface area contributed by atoms with Crippen molar-refractivity contribution in [1.29, 1.82) is 0 Å². The van der Waals surface area contributed by atoms with Gasteiger partial charge in [-0.1, -0.05) is 12.2 Å². The van der Waals surface area contributed by atoms with Crippen molar-refractivity contribution < 1.29 is 4.79 Å². The number of thiocarbonyl (C=S) groups is 1. The predicted molar refractivity (Wildman–Crippen MR) is 69.5 cm³/mol. The van der Waals surface area contributed by atoms with Gasteiger partial charge in [-0.05, 0) is 30.7 Å². The van der Waals surface area contributed by atoms with Gasteiger partial charge in [0.1, 0.15) is 4.99 Å². The summed E-state index contributed by atoms with van der Waals surface area (Å²) in [6, 6.07) is 5.62. The number of hydrogen-bond acceptors (Lipinski definition) is 3. The Labute approximate surface area is 100 Å². The largest absolute Gasteiger partial charge is 0.389 e. The molecule has 0 fully saturated rings. The van der Waals surface area contributed by atoms with Gasteiger partial charge < -0.3 is 16.4 Å². The molecule has 0 aliphatic rings. The lowest BCUT2D eigenvalue weighted by molar-refractivity contribution is -0.116. The van der Waals surface area contributed by atoms with Crippen LogP contribution in [0.25, 0.3) is 0 Å². The first kappa shape index (κ1) is 12.4. The molecular formula is C11H15N3OS. The SMILES string of the molecule is Cc1cc(C(N)=S)ccc1N(C)CC(N)=O. The fourth-order valence-corrected chi connectivity index (χ4v) is 1.68. The normalized spacial score (nSPS) is 9.88. The van der Waals surface area contributed by atoms with Crippen LogP contribution in [0.5, 0.6) is 0 Å². The molecule has 1 aromatic rings. The third kappa shape index (κ3) is 2.93. The van der Waals surface area contributed by atoms with Crippen LogP contribution in [0.4, 0.5) is 5.69 Å². The Hall–Kier alpha value is -1.62. The van der Waals surface area contributed by atoms with Gasteiger partial charge in [-0.3, -0.25) is 4.79 Å². The lowest BCUT2D eigenvalue weighted by Crippen LogP contribution is -2.31. The molecule has 0 aliphatic carbocycles. The van der Waals surface area contributed by atoms with Gasteiger partial charge in [0.05, 0.1) is 6.54 Å². The van der Waals surface area contributed by atoms with Crippen molar-refractivity contribution in [3.8, 4) is 0 Å². The van der Waals surface area contributed by atoms with Crippen LogP contribution in [-0.2, 0) is 4.79 Å². The highest BCUT2D eigenvalue weighted by atomic mass is 32.1. The Morgan fingerprint density at radius 3 is 2.50 bits per heavy atom. The van der Waals surface area contributed by atoms with Crippen molar-refractivity contribution >= 4 is 28.8 Å². The molecule has 4 nitrogen and oxygen atoms in total. The Balaban J connectivity index is 2.98. The van der Waals surface area contributed by atoms with Gasteiger partial charge >= 0.3 is 0 Å². The third-order valence-corrected chi connectivity index (χ3v) is 2.52. The average Bonchev–Trinajstić information content (AvgIpc) is 2.15. The second-order valence-corrected chi connectivity index (χ2v) is 4.13. The first-order chi connectivity index (χ1) is 7.41. The van der Waals surface area contributed by atoms with Crippen LogP contribution in [0.1, 0.15) is 11.1 Å². The number of primary amides is 1. The molecule has 1 rings (SSSR count). The first-order valence-electron chi connectivity index (χ1n) is 4.81. The van der Waals surface area contributed by atoms with Gasteiger partial charge in [-0.25, -0.2) is 0 Å². The number of aryl methyl sites for hydroxylation is 1. The Bertz CT molecular complexity index is 431. The van der Waals surface area contributed by atoms with E-state index in [9.17, 15) is 4.79 Å². The minimum absolute atomic E-state index is 0.188. The molecule has 0 aromatic heterocycles. The van der Waals surface area contributed by atoms with E-state index in [4.69, 9.17) is 23.7 Å². The molecule has 0 saturated heterocycles. The minimum atomic E-state index is -0.361. The van der Waals surface area contributed by atoms with Crippen LogP contribution in [0.15, 0.2) is 18.2 Å². The summed E-state index contributed by atoms with van der Waals surface area (Å²) >= 11 is 4.89. The van der Waals surface area contributed by atoms with Crippen LogP contribution in [0, 0.1) is 6.92 Å². The van der Waals surface area contributed by atoms with Crippen LogP contribution in [0.2, 0.25) is 0 Å². The summed E-state index contributed by atoms with van der Waals surface area (Å²) < 4.78 is 0. The van der Waals surface area contributed by atoms with E-state index < -0.39 is 0 Å². The number of hydrogen-bond donors (Lipinski definition) is 2. The van der Waals surface area contributed by atoms with Crippen molar-refractivity contribution in [3.63, 3.8) is 0 Å². The van der Waals surface area contributed by atoms with E-state index in [0.717, 1.165) is 16.8 Å². The number of carbonyl (C=O) groups is 1. The van der Waals surface area contributed by atoms with Gasteiger partial charge in [0.25, 0.3) is 0 Å². The molecular weight excluding hydrogens is 222 g/mol. The van der Waals surface area contributed by atoms with Crippen LogP contribution in [-0.4, -0.2) is 24.5 Å². The molecule has 0 spiro atoms. The molecule has 86 valence electrons. The summed E-state index contributed by atoms with van der Waals surface area (Å²) in [7, 11) is 1.81. The fourth-order valence-electron chi connectivity index (χ4n) is 1.56. The van der Waals surface area contributed by atoms with E-state index in [2.05, 4.69) is 0 Å². The monoisotopic (exact) mass is 237 g/mol. The lowest BCUT2D eigenvalue weighted by atomic mass is 10.1. The molecule has 1 aromatic carbocycles. The Kier molecular flexibility index (Phi) is 3.84. The second-order valence-electron chi connectivity index (χ2n) is 3.69. The highest BCUT2D eigenvalue weighted by Gasteiger charge is 2.08. The third-order valence-electron chi connectivity index (χ3n) is 2.29. The maximum Gasteiger partial charge on any atom is 0.236 e. The van der Waals surface area contributed by atoms with Gasteiger partial charge in [0.15, 0.2) is 0 Å². The molecule has 0 atom stereocenters. The van der Waals surface area contributed by atoms with Crippen LogP contribution < -0.4 is 16.4 Å². The summed E-state index contributed by atoms with van der Waals surface area (Å²) in [6.07, 6.45) is 0.